The number of piperazine rings is 1. The minimum atomic E-state index is -0.540. The predicted molar refractivity (Wildman–Crippen MR) is 86.0 cm³/mol. The first-order valence-electron chi connectivity index (χ1n) is 7.26. The molecule has 1 aromatic carbocycles. The van der Waals surface area contributed by atoms with Crippen LogP contribution in [0.15, 0.2) is 16.6 Å². The van der Waals surface area contributed by atoms with E-state index in [1.54, 1.807) is 6.07 Å². The van der Waals surface area contributed by atoms with Gasteiger partial charge in [-0.1, -0.05) is 6.92 Å². The Morgan fingerprint density at radius 1 is 1.19 bits per heavy atom. The van der Waals surface area contributed by atoms with Crippen LogP contribution in [0.25, 0.3) is 0 Å². The second-order valence-electron chi connectivity index (χ2n) is 5.46. The number of carbonyl (C=O) groups is 2. The third kappa shape index (κ3) is 2.70. The first kappa shape index (κ1) is 14.5. The van der Waals surface area contributed by atoms with Crippen LogP contribution in [0.1, 0.15) is 23.7 Å². The lowest BCUT2D eigenvalue weighted by atomic mass is 10.1. The van der Waals surface area contributed by atoms with Crippen LogP contribution in [0.4, 0.5) is 11.4 Å². The number of rotatable bonds is 3. The molecule has 0 bridgehead atoms. The molecule has 2 heterocycles. The van der Waals surface area contributed by atoms with Crippen LogP contribution in [0, 0.1) is 0 Å². The second kappa shape index (κ2) is 5.77. The molecule has 0 aromatic heterocycles. The molecule has 2 aliphatic heterocycles. The van der Waals surface area contributed by atoms with E-state index < -0.39 is 11.7 Å². The molecule has 3 rings (SSSR count). The van der Waals surface area contributed by atoms with E-state index in [4.69, 9.17) is 0 Å². The van der Waals surface area contributed by atoms with E-state index in [0.717, 1.165) is 42.9 Å². The molecule has 1 amide bonds. The zero-order valence-corrected chi connectivity index (χ0v) is 13.6. The number of hydrogen-bond acceptors (Lipinski definition) is 4. The highest BCUT2D eigenvalue weighted by atomic mass is 79.9. The molecule has 2 aliphatic rings. The van der Waals surface area contributed by atoms with Gasteiger partial charge in [-0.25, -0.2) is 0 Å². The Kier molecular flexibility index (Phi) is 3.99. The number of ketones is 1. The van der Waals surface area contributed by atoms with Gasteiger partial charge in [-0.05, 0) is 41.0 Å². The van der Waals surface area contributed by atoms with Gasteiger partial charge in [-0.3, -0.25) is 14.5 Å². The van der Waals surface area contributed by atoms with Crippen LogP contribution in [0.3, 0.4) is 0 Å². The Balaban J connectivity index is 1.80. The third-order valence-electron chi connectivity index (χ3n) is 4.04. The minimum Gasteiger partial charge on any atom is -0.368 e. The summed E-state index contributed by atoms with van der Waals surface area (Å²) in [5, 5.41) is 2.64. The zero-order chi connectivity index (χ0) is 15.0. The fourth-order valence-corrected chi connectivity index (χ4v) is 3.52. The molecule has 0 spiro atoms. The number of anilines is 2. The van der Waals surface area contributed by atoms with Gasteiger partial charge in [-0.2, -0.15) is 0 Å². The second-order valence-corrected chi connectivity index (χ2v) is 6.32. The van der Waals surface area contributed by atoms with Gasteiger partial charge in [0.15, 0.2) is 0 Å². The Morgan fingerprint density at radius 2 is 1.90 bits per heavy atom. The number of nitrogens with zero attached hydrogens (tertiary/aromatic N) is 2. The SMILES string of the molecule is CCCN1CCN(c2cc3c(cc2Br)C(=O)C(=O)N3)CC1. The summed E-state index contributed by atoms with van der Waals surface area (Å²) in [6.45, 7) is 7.34. The first-order valence-corrected chi connectivity index (χ1v) is 8.06. The fraction of sp³-hybridized carbons (Fsp3) is 0.467. The van der Waals surface area contributed by atoms with Crippen molar-refractivity contribution in [2.75, 3.05) is 42.9 Å². The Bertz CT molecular complexity index is 595. The van der Waals surface area contributed by atoms with Crippen LogP contribution in [-0.2, 0) is 4.79 Å². The van der Waals surface area contributed by atoms with Crippen molar-refractivity contribution in [2.24, 2.45) is 0 Å². The zero-order valence-electron chi connectivity index (χ0n) is 12.0. The molecule has 6 heteroatoms. The van der Waals surface area contributed by atoms with Gasteiger partial charge in [0.25, 0.3) is 11.7 Å². The van der Waals surface area contributed by atoms with Crippen molar-refractivity contribution < 1.29 is 9.59 Å². The molecule has 1 saturated heterocycles. The summed E-state index contributed by atoms with van der Waals surface area (Å²) in [7, 11) is 0. The summed E-state index contributed by atoms with van der Waals surface area (Å²) >= 11 is 3.53. The summed E-state index contributed by atoms with van der Waals surface area (Å²) in [4.78, 5) is 27.9. The number of benzene rings is 1. The van der Waals surface area contributed by atoms with Crippen molar-refractivity contribution in [3.63, 3.8) is 0 Å². The molecule has 1 aromatic rings. The van der Waals surface area contributed by atoms with Gasteiger partial charge in [-0.15, -0.1) is 0 Å². The molecular weight excluding hydrogens is 334 g/mol. The van der Waals surface area contributed by atoms with Crippen LogP contribution >= 0.6 is 15.9 Å². The maximum absolute atomic E-state index is 11.7. The minimum absolute atomic E-state index is 0.454. The number of carbonyl (C=O) groups excluding carboxylic acids is 2. The summed E-state index contributed by atoms with van der Waals surface area (Å²) in [6.07, 6.45) is 1.18. The molecule has 0 unspecified atom stereocenters. The van der Waals surface area contributed by atoms with Gasteiger partial charge < -0.3 is 10.2 Å². The topological polar surface area (TPSA) is 52.7 Å². The largest absolute Gasteiger partial charge is 0.368 e. The van der Waals surface area contributed by atoms with E-state index in [2.05, 4.69) is 38.0 Å². The van der Waals surface area contributed by atoms with Gasteiger partial charge in [0, 0.05) is 30.7 Å². The molecular formula is C15H18BrN3O2. The van der Waals surface area contributed by atoms with E-state index >= 15 is 0 Å². The Morgan fingerprint density at radius 3 is 2.57 bits per heavy atom. The maximum atomic E-state index is 11.7. The van der Waals surface area contributed by atoms with Crippen LogP contribution in [-0.4, -0.2) is 49.3 Å². The van der Waals surface area contributed by atoms with Gasteiger partial charge >= 0.3 is 0 Å². The average Bonchev–Trinajstić information content (AvgIpc) is 2.75. The normalized spacial score (nSPS) is 18.9. The van der Waals surface area contributed by atoms with Crippen molar-refractivity contribution in [3.05, 3.63) is 22.2 Å². The molecule has 1 fully saturated rings. The first-order chi connectivity index (χ1) is 10.1. The number of fused-ring (bicyclic) bond motifs is 1. The number of amides is 1. The molecule has 0 aliphatic carbocycles. The maximum Gasteiger partial charge on any atom is 0.296 e. The number of halogens is 1. The Labute approximate surface area is 132 Å². The van der Waals surface area contributed by atoms with Crippen molar-refractivity contribution in [2.45, 2.75) is 13.3 Å². The standard InChI is InChI=1S/C15H18BrN3O2/c1-2-3-18-4-6-19(7-5-18)13-9-12-10(8-11(13)16)14(20)15(21)17-12/h8-9H,2-7H2,1H3,(H,17,20,21). The summed E-state index contributed by atoms with van der Waals surface area (Å²) in [6, 6.07) is 3.65. The van der Waals surface area contributed by atoms with Gasteiger partial charge in [0.05, 0.1) is 16.9 Å². The lowest BCUT2D eigenvalue weighted by Gasteiger charge is -2.36. The molecule has 0 saturated carbocycles. The van der Waals surface area contributed by atoms with E-state index in [-0.39, 0.29) is 0 Å². The van der Waals surface area contributed by atoms with Gasteiger partial charge in [0.1, 0.15) is 0 Å². The quantitative estimate of drug-likeness (QED) is 0.847. The number of nitrogens with one attached hydrogen (secondary N) is 1. The van der Waals surface area contributed by atoms with Crippen molar-refractivity contribution in [1.82, 2.24) is 4.90 Å². The van der Waals surface area contributed by atoms with E-state index in [1.807, 2.05) is 6.07 Å². The monoisotopic (exact) mass is 351 g/mol. The number of Topliss-reactive ketones (excluding diaryl/α,β-unsaturated/α-hetero) is 1. The van der Waals surface area contributed by atoms with Gasteiger partial charge in [0.2, 0.25) is 0 Å². The molecule has 0 radical (unpaired) electrons. The van der Waals surface area contributed by atoms with Crippen LogP contribution < -0.4 is 10.2 Å². The summed E-state index contributed by atoms with van der Waals surface area (Å²) in [5.41, 5.74) is 2.12. The highest BCUT2D eigenvalue weighted by Crippen LogP contribution is 2.35. The highest BCUT2D eigenvalue weighted by Gasteiger charge is 2.30. The Hall–Kier alpha value is -1.40. The summed E-state index contributed by atoms with van der Waals surface area (Å²) < 4.78 is 0.870. The predicted octanol–water partition coefficient (Wildman–Crippen LogP) is 2.12. The molecule has 112 valence electrons. The fourth-order valence-electron chi connectivity index (χ4n) is 2.93. The summed E-state index contributed by atoms with van der Waals surface area (Å²) in [5.74, 6) is -0.994. The molecule has 0 atom stereocenters. The average molecular weight is 352 g/mol. The van der Waals surface area contributed by atoms with Crippen molar-refractivity contribution >= 4 is 39.0 Å². The lowest BCUT2D eigenvalue weighted by molar-refractivity contribution is -0.112. The smallest absolute Gasteiger partial charge is 0.296 e. The van der Waals surface area contributed by atoms with E-state index in [1.165, 1.54) is 6.42 Å². The van der Waals surface area contributed by atoms with Crippen molar-refractivity contribution in [3.8, 4) is 0 Å². The molecule has 21 heavy (non-hydrogen) atoms. The van der Waals surface area contributed by atoms with Crippen LogP contribution in [0.2, 0.25) is 0 Å². The molecule has 5 nitrogen and oxygen atoms in total. The van der Waals surface area contributed by atoms with Crippen LogP contribution in [0.5, 0.6) is 0 Å². The van der Waals surface area contributed by atoms with Crippen molar-refractivity contribution in [1.29, 1.82) is 0 Å². The molecule has 1 N–H and O–H groups in total. The third-order valence-corrected chi connectivity index (χ3v) is 4.67. The number of hydrogen-bond donors (Lipinski definition) is 1. The lowest BCUT2D eigenvalue weighted by Crippen LogP contribution is -2.46. The highest BCUT2D eigenvalue weighted by molar-refractivity contribution is 9.10. The van der Waals surface area contributed by atoms with E-state index in [0.29, 0.717) is 11.3 Å². The van der Waals surface area contributed by atoms with E-state index in [9.17, 15) is 9.59 Å².